The summed E-state index contributed by atoms with van der Waals surface area (Å²) in [5.41, 5.74) is 4.58. The molecule has 4 nitrogen and oxygen atoms in total. The van der Waals surface area contributed by atoms with Gasteiger partial charge in [0, 0.05) is 39.1 Å². The average molecular weight is 477 g/mol. The Balaban J connectivity index is 1.41. The van der Waals surface area contributed by atoms with Gasteiger partial charge in [-0.15, -0.1) is 0 Å². The summed E-state index contributed by atoms with van der Waals surface area (Å²) in [5.74, 6) is 1.99. The van der Waals surface area contributed by atoms with Gasteiger partial charge in [-0.2, -0.15) is 0 Å². The van der Waals surface area contributed by atoms with E-state index in [1.165, 1.54) is 17.2 Å². The number of nitrogens with zero attached hydrogens (tertiary/aromatic N) is 2. The molecule has 0 aliphatic carbocycles. The van der Waals surface area contributed by atoms with Crippen LogP contribution in [0.4, 0.5) is 10.1 Å². The summed E-state index contributed by atoms with van der Waals surface area (Å²) in [6.45, 7) is 11.2. The molecule has 1 aliphatic heterocycles. The maximum absolute atomic E-state index is 14.1. The number of methoxy groups -OCH3 is 1. The minimum atomic E-state index is -0.229. The minimum Gasteiger partial charge on any atom is -0.495 e. The molecule has 5 heteroatoms. The molecule has 0 bridgehead atoms. The lowest BCUT2D eigenvalue weighted by atomic mass is 9.98. The molecule has 1 atom stereocenters. The van der Waals surface area contributed by atoms with Crippen LogP contribution in [0.5, 0.6) is 11.5 Å². The van der Waals surface area contributed by atoms with E-state index in [9.17, 15) is 4.39 Å². The highest BCUT2D eigenvalue weighted by Gasteiger charge is 2.22. The topological polar surface area (TPSA) is 24.9 Å². The highest BCUT2D eigenvalue weighted by Crippen LogP contribution is 2.31. The van der Waals surface area contributed by atoms with Crippen LogP contribution in [-0.4, -0.2) is 44.7 Å². The van der Waals surface area contributed by atoms with Gasteiger partial charge in [-0.3, -0.25) is 4.90 Å². The number of benzene rings is 3. The van der Waals surface area contributed by atoms with E-state index in [0.717, 1.165) is 61.9 Å². The van der Waals surface area contributed by atoms with Crippen molar-refractivity contribution in [3.05, 3.63) is 89.2 Å². The molecule has 0 amide bonds. The van der Waals surface area contributed by atoms with Crippen molar-refractivity contribution in [1.82, 2.24) is 4.90 Å². The van der Waals surface area contributed by atoms with Crippen LogP contribution in [0.3, 0.4) is 0 Å². The van der Waals surface area contributed by atoms with E-state index in [1.807, 2.05) is 24.3 Å². The number of rotatable bonds is 9. The van der Waals surface area contributed by atoms with E-state index < -0.39 is 0 Å². The van der Waals surface area contributed by atoms with E-state index in [-0.39, 0.29) is 11.9 Å². The second-order valence-corrected chi connectivity index (χ2v) is 9.62. The fourth-order valence-electron chi connectivity index (χ4n) is 4.94. The molecule has 0 N–H and O–H groups in total. The van der Waals surface area contributed by atoms with Crippen LogP contribution in [0.15, 0.2) is 66.7 Å². The van der Waals surface area contributed by atoms with Gasteiger partial charge in [0.15, 0.2) is 0 Å². The van der Waals surface area contributed by atoms with E-state index >= 15 is 0 Å². The van der Waals surface area contributed by atoms with Crippen molar-refractivity contribution in [3.63, 3.8) is 0 Å². The fourth-order valence-corrected chi connectivity index (χ4v) is 4.94. The molecule has 0 radical (unpaired) electrons. The Morgan fingerprint density at radius 3 is 2.37 bits per heavy atom. The van der Waals surface area contributed by atoms with Crippen LogP contribution < -0.4 is 14.4 Å². The molecule has 1 fully saturated rings. The molecular formula is C30H37FN2O2. The van der Waals surface area contributed by atoms with Gasteiger partial charge in [-0.25, -0.2) is 4.39 Å². The van der Waals surface area contributed by atoms with E-state index in [4.69, 9.17) is 9.47 Å². The molecule has 1 aliphatic rings. The smallest absolute Gasteiger partial charge is 0.142 e. The van der Waals surface area contributed by atoms with E-state index in [2.05, 4.69) is 54.8 Å². The molecule has 0 saturated carbocycles. The van der Waals surface area contributed by atoms with Crippen LogP contribution in [0.1, 0.15) is 49.0 Å². The second-order valence-electron chi connectivity index (χ2n) is 9.62. The number of halogens is 1. The number of anilines is 1. The maximum Gasteiger partial charge on any atom is 0.142 e. The zero-order valence-electron chi connectivity index (χ0n) is 21.3. The third kappa shape index (κ3) is 6.34. The fraction of sp³-hybridized carbons (Fsp3) is 0.400. The van der Waals surface area contributed by atoms with Crippen LogP contribution >= 0.6 is 0 Å². The Kier molecular flexibility index (Phi) is 8.29. The molecule has 35 heavy (non-hydrogen) atoms. The van der Waals surface area contributed by atoms with Crippen molar-refractivity contribution in [1.29, 1.82) is 0 Å². The van der Waals surface area contributed by atoms with Gasteiger partial charge >= 0.3 is 0 Å². The van der Waals surface area contributed by atoms with E-state index in [0.29, 0.717) is 5.92 Å². The molecule has 4 rings (SSSR count). The van der Waals surface area contributed by atoms with Crippen molar-refractivity contribution < 1.29 is 13.9 Å². The Morgan fingerprint density at radius 2 is 1.69 bits per heavy atom. The maximum atomic E-state index is 14.1. The SMILES string of the molecule is COc1ccccc1N1CCN(CC[C@H](Oc2ccc(C(C)C)c(C)c2)c2cccc(F)c2)CC1. The third-order valence-electron chi connectivity index (χ3n) is 6.87. The van der Waals surface area contributed by atoms with E-state index in [1.54, 1.807) is 19.2 Å². The summed E-state index contributed by atoms with van der Waals surface area (Å²) in [5, 5.41) is 0. The monoisotopic (exact) mass is 476 g/mol. The van der Waals surface area contributed by atoms with Gasteiger partial charge in [0.2, 0.25) is 0 Å². The quantitative estimate of drug-likeness (QED) is 0.347. The van der Waals surface area contributed by atoms with Crippen molar-refractivity contribution in [2.75, 3.05) is 44.7 Å². The Labute approximate surface area is 209 Å². The normalized spacial score (nSPS) is 15.3. The molecular weight excluding hydrogens is 439 g/mol. The van der Waals surface area contributed by atoms with Crippen molar-refractivity contribution >= 4 is 5.69 Å². The van der Waals surface area contributed by atoms with Crippen LogP contribution in [-0.2, 0) is 0 Å². The lowest BCUT2D eigenvalue weighted by molar-refractivity contribution is 0.159. The van der Waals surface area contributed by atoms with Gasteiger partial charge in [-0.05, 0) is 65.9 Å². The van der Waals surface area contributed by atoms with Crippen LogP contribution in [0.2, 0.25) is 0 Å². The Hall–Kier alpha value is -3.05. The molecule has 0 spiro atoms. The average Bonchev–Trinajstić information content (AvgIpc) is 2.86. The van der Waals surface area contributed by atoms with Crippen LogP contribution in [0, 0.1) is 12.7 Å². The van der Waals surface area contributed by atoms with Gasteiger partial charge in [-0.1, -0.05) is 44.2 Å². The molecule has 1 heterocycles. The summed E-state index contributed by atoms with van der Waals surface area (Å²) in [6, 6.07) is 21.3. The zero-order valence-corrected chi connectivity index (χ0v) is 21.3. The minimum absolute atomic E-state index is 0.206. The lowest BCUT2D eigenvalue weighted by Gasteiger charge is -2.37. The number of hydrogen-bond donors (Lipinski definition) is 0. The molecule has 1 saturated heterocycles. The van der Waals surface area contributed by atoms with Gasteiger partial charge < -0.3 is 14.4 Å². The predicted molar refractivity (Wildman–Crippen MR) is 141 cm³/mol. The van der Waals surface area contributed by atoms with Gasteiger partial charge in [0.05, 0.1) is 12.8 Å². The first-order valence-corrected chi connectivity index (χ1v) is 12.6. The molecule has 0 aromatic heterocycles. The standard InChI is InChI=1S/C30H37FN2O2/c1-22(2)27-13-12-26(20-23(27)3)35-29(24-8-7-9-25(31)21-24)14-15-32-16-18-33(19-17-32)28-10-5-6-11-30(28)34-4/h5-13,20-22,29H,14-19H2,1-4H3/t29-/m0/s1. The molecule has 186 valence electrons. The molecule has 0 unspecified atom stereocenters. The predicted octanol–water partition coefficient (Wildman–Crippen LogP) is 6.60. The van der Waals surface area contributed by atoms with Crippen molar-refractivity contribution in [2.24, 2.45) is 0 Å². The highest BCUT2D eigenvalue weighted by atomic mass is 19.1. The first-order chi connectivity index (χ1) is 16.9. The molecule has 3 aromatic rings. The number of hydrogen-bond acceptors (Lipinski definition) is 4. The largest absolute Gasteiger partial charge is 0.495 e. The van der Waals surface area contributed by atoms with Crippen molar-refractivity contribution in [3.8, 4) is 11.5 Å². The summed E-state index contributed by atoms with van der Waals surface area (Å²) in [6.07, 6.45) is 0.588. The summed E-state index contributed by atoms with van der Waals surface area (Å²) in [4.78, 5) is 4.85. The Morgan fingerprint density at radius 1 is 0.914 bits per heavy atom. The lowest BCUT2D eigenvalue weighted by Crippen LogP contribution is -2.47. The van der Waals surface area contributed by atoms with Crippen molar-refractivity contribution in [2.45, 2.75) is 39.2 Å². The first kappa shape index (κ1) is 25.1. The molecule has 3 aromatic carbocycles. The van der Waals surface area contributed by atoms with Gasteiger partial charge in [0.25, 0.3) is 0 Å². The summed E-state index contributed by atoms with van der Waals surface area (Å²) in [7, 11) is 1.72. The van der Waals surface area contributed by atoms with Gasteiger partial charge in [0.1, 0.15) is 23.4 Å². The number of para-hydroxylation sites is 2. The summed E-state index contributed by atoms with van der Waals surface area (Å²) >= 11 is 0. The summed E-state index contributed by atoms with van der Waals surface area (Å²) < 4.78 is 26.1. The van der Waals surface area contributed by atoms with Crippen LogP contribution in [0.25, 0.3) is 0 Å². The highest BCUT2D eigenvalue weighted by molar-refractivity contribution is 5.58. The first-order valence-electron chi connectivity index (χ1n) is 12.6. The third-order valence-corrected chi connectivity index (χ3v) is 6.87. The zero-order chi connectivity index (χ0) is 24.8. The number of ether oxygens (including phenoxy) is 2. The number of aryl methyl sites for hydroxylation is 1. The number of piperazine rings is 1. The Bertz CT molecular complexity index is 1110. The second kappa shape index (κ2) is 11.6.